The summed E-state index contributed by atoms with van der Waals surface area (Å²) in [6.07, 6.45) is -4.92. The monoisotopic (exact) mass is 395 g/mol. The number of hydrogen-bond acceptors (Lipinski definition) is 3. The van der Waals surface area contributed by atoms with Crippen molar-refractivity contribution < 1.29 is 27.9 Å². The first kappa shape index (κ1) is 20.5. The molecule has 1 heterocycles. The van der Waals surface area contributed by atoms with Crippen molar-refractivity contribution in [1.29, 1.82) is 0 Å². The van der Waals surface area contributed by atoms with Crippen molar-refractivity contribution in [2.45, 2.75) is 19.2 Å². The molecule has 4 nitrogen and oxygen atoms in total. The average Bonchev–Trinajstić information content (AvgIpc) is 2.67. The van der Waals surface area contributed by atoms with Gasteiger partial charge in [0.1, 0.15) is 25.0 Å². The van der Waals surface area contributed by atoms with Crippen molar-refractivity contribution in [1.82, 2.24) is 0 Å². The van der Waals surface area contributed by atoms with Gasteiger partial charge in [0.15, 0.2) is 0 Å². The predicted octanol–water partition coefficient (Wildman–Crippen LogP) is 2.16. The van der Waals surface area contributed by atoms with E-state index in [0.29, 0.717) is 25.3 Å². The number of para-hydroxylation sites is 1. The van der Waals surface area contributed by atoms with Crippen LogP contribution in [0.2, 0.25) is 0 Å². The number of quaternary nitrogens is 1. The Bertz CT molecular complexity index is 774. The highest BCUT2D eigenvalue weighted by Crippen LogP contribution is 2.31. The van der Waals surface area contributed by atoms with Crippen LogP contribution in [0.3, 0.4) is 0 Å². The first-order valence-corrected chi connectivity index (χ1v) is 9.45. The molecule has 0 unspecified atom stereocenters. The summed E-state index contributed by atoms with van der Waals surface area (Å²) in [6, 6.07) is 13.1. The second kappa shape index (κ2) is 8.84. The quantitative estimate of drug-likeness (QED) is 0.787. The molecule has 1 atom stereocenters. The molecule has 0 saturated carbocycles. The number of ether oxygens (including phenoxy) is 1. The molecule has 0 spiro atoms. The number of aliphatic hydroxyl groups is 1. The second-order valence-corrected chi connectivity index (χ2v) is 7.22. The largest absolute Gasteiger partial charge is 0.490 e. The van der Waals surface area contributed by atoms with E-state index in [-0.39, 0.29) is 6.61 Å². The molecule has 2 aromatic carbocycles. The molecule has 1 aliphatic heterocycles. The van der Waals surface area contributed by atoms with Crippen LogP contribution in [-0.4, -0.2) is 50.5 Å². The molecule has 28 heavy (non-hydrogen) atoms. The third kappa shape index (κ3) is 5.39. The minimum atomic E-state index is -4.33. The fourth-order valence-corrected chi connectivity index (χ4v) is 3.46. The van der Waals surface area contributed by atoms with E-state index >= 15 is 0 Å². The fraction of sp³-hybridized carbons (Fsp3) is 0.429. The van der Waals surface area contributed by atoms with Crippen molar-refractivity contribution in [3.8, 4) is 5.75 Å². The topological polar surface area (TPSA) is 37.1 Å². The zero-order valence-corrected chi connectivity index (χ0v) is 15.9. The normalized spacial score (nSPS) is 16.8. The van der Waals surface area contributed by atoms with Crippen LogP contribution in [0.15, 0.2) is 48.5 Å². The summed E-state index contributed by atoms with van der Waals surface area (Å²) in [5.74, 6) is 0.769. The van der Waals surface area contributed by atoms with E-state index in [2.05, 4.69) is 0 Å². The summed E-state index contributed by atoms with van der Waals surface area (Å²) in [4.78, 5) is 3.19. The maximum absolute atomic E-state index is 12.9. The van der Waals surface area contributed by atoms with Gasteiger partial charge in [-0.25, -0.2) is 0 Å². The van der Waals surface area contributed by atoms with Crippen LogP contribution in [-0.2, 0) is 6.18 Å². The lowest BCUT2D eigenvalue weighted by Gasteiger charge is -2.34. The van der Waals surface area contributed by atoms with E-state index < -0.39 is 17.8 Å². The molecule has 7 heteroatoms. The van der Waals surface area contributed by atoms with Crippen LogP contribution in [0.25, 0.3) is 0 Å². The second-order valence-electron chi connectivity index (χ2n) is 7.22. The summed E-state index contributed by atoms with van der Waals surface area (Å²) in [6.45, 7) is 5.58. The molecule has 2 aromatic rings. The molecule has 1 aliphatic rings. The molecule has 0 aromatic heterocycles. The first-order valence-electron chi connectivity index (χ1n) is 9.45. The van der Waals surface area contributed by atoms with Gasteiger partial charge < -0.3 is 19.6 Å². The first-order chi connectivity index (χ1) is 13.3. The zero-order chi connectivity index (χ0) is 20.1. The lowest BCUT2D eigenvalue weighted by atomic mass is 10.1. The molecule has 0 aliphatic carbocycles. The lowest BCUT2D eigenvalue weighted by molar-refractivity contribution is -0.903. The average molecular weight is 395 g/mol. The van der Waals surface area contributed by atoms with Crippen LogP contribution in [0.5, 0.6) is 5.75 Å². The number of piperazine rings is 1. The molecule has 0 bridgehead atoms. The number of hydrogen-bond donors (Lipinski definition) is 2. The lowest BCUT2D eigenvalue weighted by Crippen LogP contribution is -3.16. The standard InChI is InChI=1S/C21H25F3N2O2/c1-16-5-2-3-8-20(16)28-15-19(27)14-25-9-11-26(12-10-25)18-7-4-6-17(13-18)21(22,23)24/h2-8,13,19,27H,9-12,14-15H2,1H3/p+1/t19-/m1/s1. The van der Waals surface area contributed by atoms with Crippen molar-refractivity contribution >= 4 is 5.69 Å². The minimum Gasteiger partial charge on any atom is -0.490 e. The van der Waals surface area contributed by atoms with E-state index in [0.717, 1.165) is 30.5 Å². The number of halogens is 3. The number of anilines is 1. The third-order valence-corrected chi connectivity index (χ3v) is 5.06. The van der Waals surface area contributed by atoms with Crippen LogP contribution < -0.4 is 14.5 Å². The number of rotatable bonds is 6. The number of benzene rings is 2. The van der Waals surface area contributed by atoms with E-state index in [1.165, 1.54) is 17.0 Å². The summed E-state index contributed by atoms with van der Waals surface area (Å²) in [7, 11) is 0. The van der Waals surface area contributed by atoms with Gasteiger partial charge in [-0.3, -0.25) is 0 Å². The number of alkyl halides is 3. The highest BCUT2D eigenvalue weighted by atomic mass is 19.4. The van der Waals surface area contributed by atoms with Gasteiger partial charge in [0.2, 0.25) is 0 Å². The number of nitrogens with zero attached hydrogens (tertiary/aromatic N) is 1. The molecule has 152 valence electrons. The zero-order valence-electron chi connectivity index (χ0n) is 15.9. The van der Waals surface area contributed by atoms with E-state index in [1.807, 2.05) is 36.1 Å². The number of nitrogens with one attached hydrogen (secondary N) is 1. The molecule has 3 rings (SSSR count). The summed E-state index contributed by atoms with van der Waals surface area (Å²) < 4.78 is 44.4. The molecule has 1 saturated heterocycles. The Morgan fingerprint density at radius 1 is 1.11 bits per heavy atom. The van der Waals surface area contributed by atoms with Gasteiger partial charge in [-0.15, -0.1) is 0 Å². The predicted molar refractivity (Wildman–Crippen MR) is 102 cm³/mol. The van der Waals surface area contributed by atoms with E-state index in [1.54, 1.807) is 6.07 Å². The minimum absolute atomic E-state index is 0.228. The third-order valence-electron chi connectivity index (χ3n) is 5.06. The SMILES string of the molecule is Cc1ccccc1OC[C@H](O)C[NH+]1CCN(c2cccc(C(F)(F)F)c2)CC1. The van der Waals surface area contributed by atoms with Crippen molar-refractivity contribution in [3.05, 3.63) is 59.7 Å². The van der Waals surface area contributed by atoms with Gasteiger partial charge in [0.25, 0.3) is 0 Å². The van der Waals surface area contributed by atoms with Crippen LogP contribution in [0.4, 0.5) is 18.9 Å². The van der Waals surface area contributed by atoms with E-state index in [9.17, 15) is 18.3 Å². The number of aryl methyl sites for hydroxylation is 1. The highest BCUT2D eigenvalue weighted by molar-refractivity contribution is 5.49. The van der Waals surface area contributed by atoms with Crippen LogP contribution >= 0.6 is 0 Å². The molecule has 0 amide bonds. The van der Waals surface area contributed by atoms with Crippen LogP contribution in [0, 0.1) is 6.92 Å². The van der Waals surface area contributed by atoms with Crippen molar-refractivity contribution in [2.75, 3.05) is 44.2 Å². The smallest absolute Gasteiger partial charge is 0.416 e. The Balaban J connectivity index is 1.47. The molecular formula is C21H26F3N2O2+. The van der Waals surface area contributed by atoms with Gasteiger partial charge in [-0.1, -0.05) is 24.3 Å². The molecule has 2 N–H and O–H groups in total. The maximum atomic E-state index is 12.9. The highest BCUT2D eigenvalue weighted by Gasteiger charge is 2.31. The van der Waals surface area contributed by atoms with Crippen LogP contribution in [0.1, 0.15) is 11.1 Å². The van der Waals surface area contributed by atoms with Crippen molar-refractivity contribution in [3.63, 3.8) is 0 Å². The van der Waals surface area contributed by atoms with Crippen molar-refractivity contribution in [2.24, 2.45) is 0 Å². The molecular weight excluding hydrogens is 369 g/mol. The fourth-order valence-electron chi connectivity index (χ4n) is 3.46. The van der Waals surface area contributed by atoms with Gasteiger partial charge >= 0.3 is 6.18 Å². The number of aliphatic hydroxyl groups excluding tert-OH is 1. The molecule has 0 radical (unpaired) electrons. The summed E-state index contributed by atoms with van der Waals surface area (Å²) in [5, 5.41) is 10.3. The molecule has 1 fully saturated rings. The Morgan fingerprint density at radius 3 is 2.50 bits per heavy atom. The van der Waals surface area contributed by atoms with Gasteiger partial charge in [0.05, 0.1) is 31.7 Å². The summed E-state index contributed by atoms with van der Waals surface area (Å²) >= 11 is 0. The maximum Gasteiger partial charge on any atom is 0.416 e. The Labute approximate surface area is 163 Å². The Morgan fingerprint density at radius 2 is 1.82 bits per heavy atom. The van der Waals surface area contributed by atoms with Gasteiger partial charge in [-0.05, 0) is 36.8 Å². The Kier molecular flexibility index (Phi) is 6.46. The Hall–Kier alpha value is -2.25. The summed E-state index contributed by atoms with van der Waals surface area (Å²) in [5.41, 5.74) is 0.998. The van der Waals surface area contributed by atoms with E-state index in [4.69, 9.17) is 4.74 Å². The van der Waals surface area contributed by atoms with Gasteiger partial charge in [-0.2, -0.15) is 13.2 Å². The van der Waals surface area contributed by atoms with Gasteiger partial charge in [0, 0.05) is 5.69 Å².